The number of hydrogen-bond acceptors (Lipinski definition) is 2. The third-order valence-electron chi connectivity index (χ3n) is 7.64. The van der Waals surface area contributed by atoms with Gasteiger partial charge in [0.05, 0.1) is 17.5 Å². The molecule has 1 fully saturated rings. The third-order valence-corrected chi connectivity index (χ3v) is 7.64. The van der Waals surface area contributed by atoms with Crippen molar-refractivity contribution in [1.29, 1.82) is 0 Å². The number of anilines is 1. The van der Waals surface area contributed by atoms with E-state index in [4.69, 9.17) is 0 Å². The number of nitrogens with zero attached hydrogens (tertiary/aromatic N) is 1. The van der Waals surface area contributed by atoms with Gasteiger partial charge in [0.15, 0.2) is 0 Å². The van der Waals surface area contributed by atoms with E-state index in [1.54, 1.807) is 0 Å². The van der Waals surface area contributed by atoms with Crippen molar-refractivity contribution in [2.75, 3.05) is 4.90 Å². The molecule has 30 heavy (non-hydrogen) atoms. The molecule has 0 saturated carbocycles. The Hall–Kier alpha value is -3.20. The van der Waals surface area contributed by atoms with Crippen molar-refractivity contribution >= 4 is 17.5 Å². The first-order valence-electron chi connectivity index (χ1n) is 10.7. The lowest BCUT2D eigenvalue weighted by Crippen LogP contribution is -2.53. The Morgan fingerprint density at radius 1 is 0.800 bits per heavy atom. The first-order chi connectivity index (χ1) is 14.6. The van der Waals surface area contributed by atoms with Gasteiger partial charge in [0.1, 0.15) is 0 Å². The number of benzene rings is 3. The van der Waals surface area contributed by atoms with Gasteiger partial charge in [-0.25, -0.2) is 4.90 Å². The fourth-order valence-electron chi connectivity index (χ4n) is 6.48. The van der Waals surface area contributed by atoms with Crippen LogP contribution >= 0.6 is 0 Å². The van der Waals surface area contributed by atoms with Gasteiger partial charge in [-0.3, -0.25) is 9.59 Å². The molecule has 0 unspecified atom stereocenters. The summed E-state index contributed by atoms with van der Waals surface area (Å²) in [4.78, 5) is 29.2. The summed E-state index contributed by atoms with van der Waals surface area (Å²) in [5, 5.41) is 0. The van der Waals surface area contributed by atoms with Gasteiger partial charge < -0.3 is 0 Å². The summed E-state index contributed by atoms with van der Waals surface area (Å²) in [6.07, 6.45) is 0.787. The normalized spacial score (nSPS) is 28.3. The highest BCUT2D eigenvalue weighted by Crippen LogP contribution is 2.65. The molecule has 2 atom stereocenters. The van der Waals surface area contributed by atoms with Crippen LogP contribution in [0.3, 0.4) is 0 Å². The van der Waals surface area contributed by atoms with Crippen molar-refractivity contribution in [1.82, 2.24) is 0 Å². The van der Waals surface area contributed by atoms with E-state index < -0.39 is 5.41 Å². The lowest BCUT2D eigenvalue weighted by molar-refractivity contribution is -0.123. The molecule has 1 saturated heterocycles. The van der Waals surface area contributed by atoms with Crippen LogP contribution in [0.15, 0.2) is 72.8 Å². The van der Waals surface area contributed by atoms with E-state index in [-0.39, 0.29) is 29.6 Å². The highest BCUT2D eigenvalue weighted by atomic mass is 16.2. The second-order valence-corrected chi connectivity index (χ2v) is 8.83. The molecule has 2 amide bonds. The zero-order chi connectivity index (χ0) is 20.6. The molecule has 3 aromatic carbocycles. The Morgan fingerprint density at radius 2 is 1.37 bits per heavy atom. The molecule has 2 bridgehead atoms. The van der Waals surface area contributed by atoms with Crippen LogP contribution in [0, 0.1) is 18.8 Å². The van der Waals surface area contributed by atoms with E-state index >= 15 is 0 Å². The van der Waals surface area contributed by atoms with Crippen molar-refractivity contribution in [3.8, 4) is 0 Å². The van der Waals surface area contributed by atoms with Gasteiger partial charge in [0.25, 0.3) is 0 Å². The number of carbonyl (C=O) groups is 2. The lowest BCUT2D eigenvalue weighted by atomic mass is 9.46. The molecule has 0 N–H and O–H groups in total. The Morgan fingerprint density at radius 3 is 1.93 bits per heavy atom. The maximum absolute atomic E-state index is 13.9. The van der Waals surface area contributed by atoms with E-state index in [2.05, 4.69) is 55.5 Å². The zero-order valence-electron chi connectivity index (χ0n) is 17.1. The quantitative estimate of drug-likeness (QED) is 0.578. The van der Waals surface area contributed by atoms with E-state index in [9.17, 15) is 9.59 Å². The molecule has 0 spiro atoms. The van der Waals surface area contributed by atoms with Crippen LogP contribution in [0.5, 0.6) is 0 Å². The minimum absolute atomic E-state index is 0.0512. The van der Waals surface area contributed by atoms with Crippen molar-refractivity contribution in [3.63, 3.8) is 0 Å². The van der Waals surface area contributed by atoms with Crippen molar-refractivity contribution in [2.24, 2.45) is 11.8 Å². The smallest absolute Gasteiger partial charge is 0.238 e. The van der Waals surface area contributed by atoms with Crippen LogP contribution in [0.1, 0.15) is 47.1 Å². The Bertz CT molecular complexity index is 1160. The van der Waals surface area contributed by atoms with Crippen molar-refractivity contribution in [2.45, 2.75) is 31.6 Å². The zero-order valence-corrected chi connectivity index (χ0v) is 17.1. The van der Waals surface area contributed by atoms with E-state index in [1.807, 2.05) is 31.2 Å². The summed E-state index contributed by atoms with van der Waals surface area (Å²) in [5.74, 6) is -0.872. The van der Waals surface area contributed by atoms with Crippen molar-refractivity contribution < 1.29 is 9.59 Å². The number of carbonyl (C=O) groups excluding carboxylic acids is 2. The molecule has 3 nitrogen and oxygen atoms in total. The molecule has 1 aliphatic heterocycles. The van der Waals surface area contributed by atoms with Crippen LogP contribution in [0.4, 0.5) is 5.69 Å². The van der Waals surface area contributed by atoms with E-state index in [0.29, 0.717) is 5.69 Å². The number of rotatable bonds is 2. The minimum atomic E-state index is -0.460. The van der Waals surface area contributed by atoms with Gasteiger partial charge in [-0.15, -0.1) is 0 Å². The molecule has 3 heteroatoms. The Balaban J connectivity index is 1.63. The molecule has 3 aliphatic carbocycles. The van der Waals surface area contributed by atoms with Gasteiger partial charge >= 0.3 is 0 Å². The lowest BCUT2D eigenvalue weighted by Gasteiger charge is -2.54. The predicted octanol–water partition coefficient (Wildman–Crippen LogP) is 4.96. The molecular weight excluding hydrogens is 370 g/mol. The predicted molar refractivity (Wildman–Crippen MR) is 116 cm³/mol. The second kappa shape index (κ2) is 5.91. The summed E-state index contributed by atoms with van der Waals surface area (Å²) >= 11 is 0. The second-order valence-electron chi connectivity index (χ2n) is 8.83. The fraction of sp³-hybridized carbons (Fsp3) is 0.259. The number of hydrogen-bond donors (Lipinski definition) is 0. The van der Waals surface area contributed by atoms with Gasteiger partial charge in [-0.1, -0.05) is 73.2 Å². The fourth-order valence-corrected chi connectivity index (χ4v) is 6.48. The highest BCUT2D eigenvalue weighted by molar-refractivity contribution is 6.23. The van der Waals surface area contributed by atoms with Crippen LogP contribution < -0.4 is 4.90 Å². The average Bonchev–Trinajstić information content (AvgIpc) is 3.05. The molecular formula is C27H23NO2. The minimum Gasteiger partial charge on any atom is -0.274 e. The monoisotopic (exact) mass is 393 g/mol. The topological polar surface area (TPSA) is 37.4 Å². The molecule has 0 radical (unpaired) electrons. The molecule has 148 valence electrons. The number of imide groups is 1. The van der Waals surface area contributed by atoms with Gasteiger partial charge in [-0.2, -0.15) is 0 Å². The Kier molecular flexibility index (Phi) is 3.48. The summed E-state index contributed by atoms with van der Waals surface area (Å²) in [6.45, 7) is 4.17. The molecule has 0 aromatic heterocycles. The van der Waals surface area contributed by atoms with Crippen LogP contribution in [0.25, 0.3) is 0 Å². The molecule has 7 rings (SSSR count). The first-order valence-corrected chi connectivity index (χ1v) is 10.7. The average molecular weight is 393 g/mol. The maximum atomic E-state index is 13.9. The summed E-state index contributed by atoms with van der Waals surface area (Å²) < 4.78 is 0. The van der Waals surface area contributed by atoms with Crippen molar-refractivity contribution in [3.05, 3.63) is 101 Å². The van der Waals surface area contributed by atoms with Gasteiger partial charge in [0, 0.05) is 11.3 Å². The molecule has 3 aromatic rings. The molecule has 4 aliphatic rings. The molecule has 1 heterocycles. The highest BCUT2D eigenvalue weighted by Gasteiger charge is 2.67. The first kappa shape index (κ1) is 17.6. The van der Waals surface area contributed by atoms with Crippen LogP contribution in [0.2, 0.25) is 0 Å². The van der Waals surface area contributed by atoms with Crippen LogP contribution in [-0.2, 0) is 15.0 Å². The van der Waals surface area contributed by atoms with Gasteiger partial charge in [-0.05, 0) is 47.7 Å². The summed E-state index contributed by atoms with van der Waals surface area (Å²) in [6, 6.07) is 24.6. The van der Waals surface area contributed by atoms with E-state index in [1.165, 1.54) is 27.2 Å². The Labute approximate surface area is 176 Å². The van der Waals surface area contributed by atoms with Gasteiger partial charge in [0.2, 0.25) is 11.8 Å². The number of aryl methyl sites for hydroxylation is 1. The summed E-state index contributed by atoms with van der Waals surface area (Å²) in [5.41, 5.74) is 6.22. The largest absolute Gasteiger partial charge is 0.274 e. The van der Waals surface area contributed by atoms with Crippen LogP contribution in [-0.4, -0.2) is 11.8 Å². The third kappa shape index (κ3) is 1.91. The number of amides is 2. The van der Waals surface area contributed by atoms with E-state index in [0.717, 1.165) is 12.0 Å². The maximum Gasteiger partial charge on any atom is 0.238 e. The summed E-state index contributed by atoms with van der Waals surface area (Å²) in [7, 11) is 0. The standard InChI is InChI=1S/C27H23NO2/c1-3-27-20-10-6-4-8-18(20)22(19-9-5-7-11-21(19)27)23-24(27)26(30)28(25(23)29)17-14-12-16(2)13-15-17/h4-15,22-24H,3H2,1-2H3/t22?,23-,24-,27?/m1/s1. The SMILES string of the molecule is CCC12c3ccccc3C(c3ccccc31)[C@H]1C(=O)N(c3ccc(C)cc3)C(=O)[C@@H]12.